The van der Waals surface area contributed by atoms with Gasteiger partial charge >= 0.3 is 11.9 Å². The van der Waals surface area contributed by atoms with Gasteiger partial charge in [-0.25, -0.2) is 9.78 Å². The van der Waals surface area contributed by atoms with Crippen LogP contribution < -0.4 is 5.32 Å². The van der Waals surface area contributed by atoms with Gasteiger partial charge in [-0.1, -0.05) is 0 Å². The number of fused-ring (bicyclic) bond motifs is 1. The van der Waals surface area contributed by atoms with E-state index in [1.54, 1.807) is 30.6 Å². The summed E-state index contributed by atoms with van der Waals surface area (Å²) in [6.45, 7) is 2.04. The molecule has 128 valence electrons. The quantitative estimate of drug-likeness (QED) is 0.577. The standard InChI is InChI=1S/C16H18N2O5S/c1-2-22-15(20)4-3-7-17-14(19)9-23-16(21)11-5-6-12-13(8-11)24-10-18-12/h5-6,8,10H,2-4,7,9H2,1H3,(H,17,19). The fourth-order valence-corrected chi connectivity index (χ4v) is 2.66. The lowest BCUT2D eigenvalue weighted by molar-refractivity contribution is -0.143. The Labute approximate surface area is 143 Å². The van der Waals surface area contributed by atoms with Gasteiger partial charge in [0, 0.05) is 13.0 Å². The van der Waals surface area contributed by atoms with Gasteiger partial charge in [0.25, 0.3) is 5.91 Å². The number of hydrogen-bond acceptors (Lipinski definition) is 7. The van der Waals surface area contributed by atoms with Crippen molar-refractivity contribution in [3.05, 3.63) is 29.3 Å². The maximum absolute atomic E-state index is 11.9. The van der Waals surface area contributed by atoms with Crippen molar-refractivity contribution >= 4 is 39.4 Å². The van der Waals surface area contributed by atoms with E-state index in [4.69, 9.17) is 9.47 Å². The van der Waals surface area contributed by atoms with Gasteiger partial charge in [0.1, 0.15) is 0 Å². The molecule has 0 unspecified atom stereocenters. The van der Waals surface area contributed by atoms with E-state index in [0.717, 1.165) is 10.2 Å². The number of carbonyl (C=O) groups excluding carboxylic acids is 3. The number of nitrogens with zero attached hydrogens (tertiary/aromatic N) is 1. The van der Waals surface area contributed by atoms with Crippen molar-refractivity contribution in [3.8, 4) is 0 Å². The van der Waals surface area contributed by atoms with Crippen LogP contribution in [0.25, 0.3) is 10.2 Å². The summed E-state index contributed by atoms with van der Waals surface area (Å²) in [7, 11) is 0. The van der Waals surface area contributed by atoms with Crippen molar-refractivity contribution in [2.24, 2.45) is 0 Å². The lowest BCUT2D eigenvalue weighted by atomic mass is 10.2. The monoisotopic (exact) mass is 350 g/mol. The van der Waals surface area contributed by atoms with Crippen LogP contribution in [0.5, 0.6) is 0 Å². The maximum Gasteiger partial charge on any atom is 0.338 e. The lowest BCUT2D eigenvalue weighted by Crippen LogP contribution is -2.30. The first kappa shape index (κ1) is 17.9. The highest BCUT2D eigenvalue weighted by atomic mass is 32.1. The highest BCUT2D eigenvalue weighted by Crippen LogP contribution is 2.19. The zero-order valence-corrected chi connectivity index (χ0v) is 14.1. The van der Waals surface area contributed by atoms with Crippen molar-refractivity contribution < 1.29 is 23.9 Å². The molecule has 1 N–H and O–H groups in total. The molecule has 0 saturated carbocycles. The smallest absolute Gasteiger partial charge is 0.338 e. The van der Waals surface area contributed by atoms with Crippen molar-refractivity contribution in [1.82, 2.24) is 10.3 Å². The number of hydrogen-bond donors (Lipinski definition) is 1. The van der Waals surface area contributed by atoms with E-state index in [1.807, 2.05) is 0 Å². The third-order valence-corrected chi connectivity index (χ3v) is 3.88. The molecule has 1 aromatic carbocycles. The van der Waals surface area contributed by atoms with Gasteiger partial charge in [-0.3, -0.25) is 9.59 Å². The molecule has 0 fully saturated rings. The largest absolute Gasteiger partial charge is 0.466 e. The number of ether oxygens (including phenoxy) is 2. The molecule has 2 aromatic rings. The molecule has 2 rings (SSSR count). The highest BCUT2D eigenvalue weighted by Gasteiger charge is 2.11. The van der Waals surface area contributed by atoms with Gasteiger partial charge in [-0.2, -0.15) is 0 Å². The minimum absolute atomic E-state index is 0.239. The van der Waals surface area contributed by atoms with Crippen LogP contribution in [0.4, 0.5) is 0 Å². The van der Waals surface area contributed by atoms with Crippen LogP contribution >= 0.6 is 11.3 Å². The van der Waals surface area contributed by atoms with E-state index >= 15 is 0 Å². The summed E-state index contributed by atoms with van der Waals surface area (Å²) in [5.74, 6) is -1.27. The Morgan fingerprint density at radius 3 is 2.88 bits per heavy atom. The zero-order chi connectivity index (χ0) is 17.4. The third kappa shape index (κ3) is 5.31. The third-order valence-electron chi connectivity index (χ3n) is 3.09. The molecule has 1 amide bonds. The predicted octanol–water partition coefficient (Wildman–Crippen LogP) is 1.91. The first-order valence-electron chi connectivity index (χ1n) is 7.53. The molecule has 24 heavy (non-hydrogen) atoms. The summed E-state index contributed by atoms with van der Waals surface area (Å²) in [6.07, 6.45) is 0.712. The van der Waals surface area contributed by atoms with E-state index in [1.165, 1.54) is 11.3 Å². The van der Waals surface area contributed by atoms with Crippen LogP contribution in [0, 0.1) is 0 Å². The molecule has 1 aromatic heterocycles. The number of aromatic nitrogens is 1. The summed E-state index contributed by atoms with van der Waals surface area (Å²) in [4.78, 5) is 38.8. The second-order valence-corrected chi connectivity index (χ2v) is 5.76. The molecule has 0 bridgehead atoms. The summed E-state index contributed by atoms with van der Waals surface area (Å²) >= 11 is 1.43. The summed E-state index contributed by atoms with van der Waals surface area (Å²) < 4.78 is 10.6. The molecule has 0 radical (unpaired) electrons. The number of amides is 1. The summed E-state index contributed by atoms with van der Waals surface area (Å²) in [6, 6.07) is 5.03. The number of benzene rings is 1. The Balaban J connectivity index is 1.69. The van der Waals surface area contributed by atoms with Crippen LogP contribution in [0.1, 0.15) is 30.1 Å². The molecule has 0 aliphatic heterocycles. The van der Waals surface area contributed by atoms with Gasteiger partial charge < -0.3 is 14.8 Å². The van der Waals surface area contributed by atoms with E-state index in [9.17, 15) is 14.4 Å². The summed E-state index contributed by atoms with van der Waals surface area (Å²) in [5.41, 5.74) is 2.89. The van der Waals surface area contributed by atoms with E-state index in [-0.39, 0.29) is 19.0 Å². The zero-order valence-electron chi connectivity index (χ0n) is 13.2. The average molecular weight is 350 g/mol. The Hall–Kier alpha value is -2.48. The van der Waals surface area contributed by atoms with E-state index in [2.05, 4.69) is 10.3 Å². The highest BCUT2D eigenvalue weighted by molar-refractivity contribution is 7.16. The normalized spacial score (nSPS) is 10.4. The fourth-order valence-electron chi connectivity index (χ4n) is 1.94. The maximum atomic E-state index is 11.9. The van der Waals surface area contributed by atoms with Gasteiger partial charge in [-0.05, 0) is 31.5 Å². The van der Waals surface area contributed by atoms with Crippen LogP contribution in [-0.4, -0.2) is 42.6 Å². The Morgan fingerprint density at radius 2 is 2.08 bits per heavy atom. The van der Waals surface area contributed by atoms with Crippen molar-refractivity contribution in [3.63, 3.8) is 0 Å². The van der Waals surface area contributed by atoms with Gasteiger partial charge in [0.2, 0.25) is 0 Å². The van der Waals surface area contributed by atoms with Crippen LogP contribution in [0.15, 0.2) is 23.7 Å². The average Bonchev–Trinajstić information content (AvgIpc) is 3.04. The van der Waals surface area contributed by atoms with E-state index < -0.39 is 11.9 Å². The van der Waals surface area contributed by atoms with Crippen LogP contribution in [0.2, 0.25) is 0 Å². The van der Waals surface area contributed by atoms with Gasteiger partial charge in [-0.15, -0.1) is 11.3 Å². The Bertz CT molecular complexity index is 728. The minimum atomic E-state index is -0.563. The molecule has 0 spiro atoms. The Kier molecular flexibility index (Phi) is 6.68. The molecular formula is C16H18N2O5S. The number of thiazole rings is 1. The second kappa shape index (κ2) is 8.97. The topological polar surface area (TPSA) is 94.6 Å². The first-order valence-corrected chi connectivity index (χ1v) is 8.41. The molecule has 1 heterocycles. The van der Waals surface area contributed by atoms with Gasteiger partial charge in [0.15, 0.2) is 6.61 Å². The van der Waals surface area contributed by atoms with Crippen LogP contribution in [-0.2, 0) is 19.1 Å². The Morgan fingerprint density at radius 1 is 1.25 bits per heavy atom. The predicted molar refractivity (Wildman–Crippen MR) is 88.8 cm³/mol. The molecule has 8 heteroatoms. The minimum Gasteiger partial charge on any atom is -0.466 e. The fraction of sp³-hybridized carbons (Fsp3) is 0.375. The SMILES string of the molecule is CCOC(=O)CCCNC(=O)COC(=O)c1ccc2ncsc2c1. The van der Waals surface area contributed by atoms with Crippen molar-refractivity contribution in [1.29, 1.82) is 0 Å². The van der Waals surface area contributed by atoms with Crippen LogP contribution in [0.3, 0.4) is 0 Å². The number of esters is 2. The molecule has 0 saturated heterocycles. The molecule has 7 nitrogen and oxygen atoms in total. The second-order valence-electron chi connectivity index (χ2n) is 4.87. The summed E-state index contributed by atoms with van der Waals surface area (Å²) in [5, 5.41) is 2.58. The number of nitrogens with one attached hydrogen (secondary N) is 1. The number of carbonyl (C=O) groups is 3. The molecule has 0 aliphatic rings. The van der Waals surface area contributed by atoms with E-state index in [0.29, 0.717) is 25.1 Å². The number of rotatable bonds is 8. The van der Waals surface area contributed by atoms with Crippen molar-refractivity contribution in [2.75, 3.05) is 19.8 Å². The molecular weight excluding hydrogens is 332 g/mol. The van der Waals surface area contributed by atoms with Crippen molar-refractivity contribution in [2.45, 2.75) is 19.8 Å². The molecule has 0 aliphatic carbocycles. The van der Waals surface area contributed by atoms with Gasteiger partial charge in [0.05, 0.1) is 27.9 Å². The first-order chi connectivity index (χ1) is 11.6. The lowest BCUT2D eigenvalue weighted by Gasteiger charge is -2.06. The molecule has 0 atom stereocenters.